The Kier molecular flexibility index (Phi) is 8.09. The molecule has 0 unspecified atom stereocenters. The third kappa shape index (κ3) is 6.84. The quantitative estimate of drug-likeness (QED) is 0.707. The molecule has 0 aromatic heterocycles. The summed E-state index contributed by atoms with van der Waals surface area (Å²) in [6.45, 7) is 15.5. The lowest BCUT2D eigenvalue weighted by molar-refractivity contribution is -0.140. The van der Waals surface area contributed by atoms with E-state index >= 15 is 0 Å². The van der Waals surface area contributed by atoms with E-state index in [1.165, 1.54) is 10.5 Å². The van der Waals surface area contributed by atoms with E-state index < -0.39 is 0 Å². The minimum atomic E-state index is -0.170. The second-order valence-electron chi connectivity index (χ2n) is 9.60. The van der Waals surface area contributed by atoms with E-state index in [9.17, 15) is 9.59 Å². The first-order valence-electron chi connectivity index (χ1n) is 10.0. The van der Waals surface area contributed by atoms with Gasteiger partial charge in [0.05, 0.1) is 6.54 Å². The number of carbonyl (C=O) groups excluding carboxylic acids is 2. The van der Waals surface area contributed by atoms with Gasteiger partial charge in [-0.25, -0.2) is 0 Å². The topological polar surface area (TPSA) is 49.9 Å². The summed E-state index contributed by atoms with van der Waals surface area (Å²) in [6.07, 6.45) is 0.792. The van der Waals surface area contributed by atoms with E-state index in [-0.39, 0.29) is 35.8 Å². The predicted molar refractivity (Wildman–Crippen MR) is 115 cm³/mol. The van der Waals surface area contributed by atoms with Crippen LogP contribution in [0.3, 0.4) is 0 Å². The number of amides is 2. The van der Waals surface area contributed by atoms with Crippen molar-refractivity contribution in [3.05, 3.63) is 29.3 Å². The number of carbonyl (C=O) groups is 2. The lowest BCUT2D eigenvalue weighted by Crippen LogP contribution is -2.42. The fourth-order valence-electron chi connectivity index (χ4n) is 2.81. The number of ether oxygens (including phenoxy) is 1. The van der Waals surface area contributed by atoms with Crippen molar-refractivity contribution in [2.75, 3.05) is 33.8 Å². The summed E-state index contributed by atoms with van der Waals surface area (Å²) in [6, 6.07) is 6.21. The molecule has 1 aromatic rings. The number of likely N-dealkylation sites (N-methyl/N-ethyl adjacent to an activating group) is 1. The molecule has 28 heavy (non-hydrogen) atoms. The SMILES string of the molecule is CCCN(CC(=O)N(C)C)C(=O)COc1ccc(C(C)(C)C)cc1C(C)(C)C. The van der Waals surface area contributed by atoms with Crippen molar-refractivity contribution in [3.8, 4) is 5.75 Å². The minimum Gasteiger partial charge on any atom is -0.483 e. The highest BCUT2D eigenvalue weighted by Gasteiger charge is 2.24. The average Bonchev–Trinajstić information content (AvgIpc) is 2.57. The van der Waals surface area contributed by atoms with Crippen molar-refractivity contribution in [2.45, 2.75) is 65.7 Å². The van der Waals surface area contributed by atoms with Gasteiger partial charge < -0.3 is 14.5 Å². The summed E-state index contributed by atoms with van der Waals surface area (Å²) in [5, 5.41) is 0. The lowest BCUT2D eigenvalue weighted by Gasteiger charge is -2.28. The average molecular weight is 391 g/mol. The van der Waals surface area contributed by atoms with Gasteiger partial charge in [-0.1, -0.05) is 60.6 Å². The Labute approximate surface area is 171 Å². The molecular formula is C23H38N2O3. The Balaban J connectivity index is 3.00. The van der Waals surface area contributed by atoms with Crippen LogP contribution in [0.4, 0.5) is 0 Å². The highest BCUT2D eigenvalue weighted by molar-refractivity contribution is 5.85. The maximum Gasteiger partial charge on any atom is 0.260 e. The molecule has 2 amide bonds. The number of nitrogens with zero attached hydrogens (tertiary/aromatic N) is 2. The third-order valence-electron chi connectivity index (χ3n) is 4.68. The third-order valence-corrected chi connectivity index (χ3v) is 4.68. The lowest BCUT2D eigenvalue weighted by atomic mass is 9.80. The van der Waals surface area contributed by atoms with Crippen molar-refractivity contribution in [3.63, 3.8) is 0 Å². The highest BCUT2D eigenvalue weighted by atomic mass is 16.5. The fraction of sp³-hybridized carbons (Fsp3) is 0.652. The summed E-state index contributed by atoms with van der Waals surface area (Å²) in [5.41, 5.74) is 2.25. The van der Waals surface area contributed by atoms with Gasteiger partial charge in [0.15, 0.2) is 6.61 Å². The van der Waals surface area contributed by atoms with Crippen LogP contribution in [0.5, 0.6) is 5.75 Å². The van der Waals surface area contributed by atoms with Crippen molar-refractivity contribution in [2.24, 2.45) is 0 Å². The van der Waals surface area contributed by atoms with Crippen molar-refractivity contribution >= 4 is 11.8 Å². The molecule has 1 aromatic carbocycles. The smallest absolute Gasteiger partial charge is 0.260 e. The first-order valence-corrected chi connectivity index (χ1v) is 10.0. The maximum atomic E-state index is 12.7. The van der Waals surface area contributed by atoms with Crippen LogP contribution in [0.25, 0.3) is 0 Å². The molecule has 0 spiro atoms. The van der Waals surface area contributed by atoms with Crippen LogP contribution in [-0.4, -0.2) is 55.4 Å². The summed E-state index contributed by atoms with van der Waals surface area (Å²) < 4.78 is 5.95. The molecule has 0 fully saturated rings. The zero-order valence-corrected chi connectivity index (χ0v) is 19.2. The van der Waals surface area contributed by atoms with Gasteiger partial charge >= 0.3 is 0 Å². The first-order chi connectivity index (χ1) is 12.8. The second-order valence-corrected chi connectivity index (χ2v) is 9.60. The van der Waals surface area contributed by atoms with Crippen molar-refractivity contribution < 1.29 is 14.3 Å². The predicted octanol–water partition coefficient (Wildman–Crippen LogP) is 3.99. The molecule has 0 saturated carbocycles. The van der Waals surface area contributed by atoms with Gasteiger partial charge in [0, 0.05) is 20.6 Å². The van der Waals surface area contributed by atoms with Crippen LogP contribution in [0, 0.1) is 0 Å². The minimum absolute atomic E-state index is 0.0405. The van der Waals surface area contributed by atoms with E-state index in [2.05, 4.69) is 53.7 Å². The molecule has 0 aliphatic carbocycles. The van der Waals surface area contributed by atoms with Crippen LogP contribution in [0.2, 0.25) is 0 Å². The zero-order valence-electron chi connectivity index (χ0n) is 19.2. The van der Waals surface area contributed by atoms with E-state index in [0.29, 0.717) is 6.54 Å². The van der Waals surface area contributed by atoms with Crippen molar-refractivity contribution in [1.29, 1.82) is 0 Å². The summed E-state index contributed by atoms with van der Waals surface area (Å²) >= 11 is 0. The molecular weight excluding hydrogens is 352 g/mol. The Hall–Kier alpha value is -2.04. The number of benzene rings is 1. The maximum absolute atomic E-state index is 12.7. The monoisotopic (exact) mass is 390 g/mol. The molecule has 0 aliphatic rings. The molecule has 5 nitrogen and oxygen atoms in total. The molecule has 0 N–H and O–H groups in total. The molecule has 0 aliphatic heterocycles. The summed E-state index contributed by atoms with van der Waals surface area (Å²) in [4.78, 5) is 27.8. The van der Waals surface area contributed by atoms with Gasteiger partial charge in [-0.3, -0.25) is 9.59 Å². The number of rotatable bonds is 7. The van der Waals surface area contributed by atoms with Crippen molar-refractivity contribution in [1.82, 2.24) is 9.80 Å². The van der Waals surface area contributed by atoms with Crippen LogP contribution in [0.15, 0.2) is 18.2 Å². The molecule has 0 heterocycles. The fourth-order valence-corrected chi connectivity index (χ4v) is 2.81. The Morgan fingerprint density at radius 2 is 1.57 bits per heavy atom. The van der Waals surface area contributed by atoms with E-state index in [1.54, 1.807) is 19.0 Å². The first kappa shape index (κ1) is 24.0. The molecule has 0 atom stereocenters. The van der Waals surface area contributed by atoms with E-state index in [4.69, 9.17) is 4.74 Å². The molecule has 0 radical (unpaired) electrons. The van der Waals surface area contributed by atoms with E-state index in [0.717, 1.165) is 17.7 Å². The molecule has 158 valence electrons. The highest BCUT2D eigenvalue weighted by Crippen LogP contribution is 2.35. The molecule has 0 bridgehead atoms. The Morgan fingerprint density at radius 1 is 0.964 bits per heavy atom. The molecule has 5 heteroatoms. The number of hydrogen-bond donors (Lipinski definition) is 0. The van der Waals surface area contributed by atoms with Crippen LogP contribution in [0.1, 0.15) is 66.0 Å². The van der Waals surface area contributed by atoms with Crippen LogP contribution in [-0.2, 0) is 20.4 Å². The largest absolute Gasteiger partial charge is 0.483 e. The van der Waals surface area contributed by atoms with Gasteiger partial charge in [0.25, 0.3) is 5.91 Å². The van der Waals surface area contributed by atoms with Crippen LogP contribution >= 0.6 is 0 Å². The molecule has 0 saturated heterocycles. The second kappa shape index (κ2) is 9.44. The zero-order chi connectivity index (χ0) is 21.7. The molecule has 1 rings (SSSR count). The Bertz CT molecular complexity index is 682. The van der Waals surface area contributed by atoms with Gasteiger partial charge in [-0.05, 0) is 34.4 Å². The van der Waals surface area contributed by atoms with Crippen LogP contribution < -0.4 is 4.74 Å². The normalized spacial score (nSPS) is 11.9. The summed E-state index contributed by atoms with van der Waals surface area (Å²) in [5.74, 6) is 0.466. The van der Waals surface area contributed by atoms with Gasteiger partial charge in [-0.15, -0.1) is 0 Å². The van der Waals surface area contributed by atoms with Gasteiger partial charge in [-0.2, -0.15) is 0 Å². The standard InChI is InChI=1S/C23H38N2O3/c1-10-13-25(15-20(26)24(8)9)21(27)16-28-19-12-11-17(22(2,3)4)14-18(19)23(5,6)7/h11-12,14H,10,13,15-16H2,1-9H3. The van der Waals surface area contributed by atoms with Gasteiger partial charge in [0.1, 0.15) is 5.75 Å². The summed E-state index contributed by atoms with van der Waals surface area (Å²) in [7, 11) is 3.39. The number of hydrogen-bond acceptors (Lipinski definition) is 3. The Morgan fingerprint density at radius 3 is 2.04 bits per heavy atom. The van der Waals surface area contributed by atoms with Gasteiger partial charge in [0.2, 0.25) is 5.91 Å². The van der Waals surface area contributed by atoms with E-state index in [1.807, 2.05) is 13.0 Å².